The van der Waals surface area contributed by atoms with Crippen LogP contribution in [-0.4, -0.2) is 27.4 Å². The first-order valence-corrected chi connectivity index (χ1v) is 5.85. The van der Waals surface area contributed by atoms with Gasteiger partial charge in [-0.15, -0.1) is 0 Å². The molecule has 0 amide bonds. The highest BCUT2D eigenvalue weighted by Gasteiger charge is 2.15. The number of hydrogen-bond acceptors (Lipinski definition) is 3. The van der Waals surface area contributed by atoms with E-state index in [-0.39, 0.29) is 0 Å². The molecule has 2 rings (SSSR count). The molecule has 0 saturated carbocycles. The van der Waals surface area contributed by atoms with Gasteiger partial charge in [0, 0.05) is 19.5 Å². The molecule has 1 saturated heterocycles. The zero-order valence-electron chi connectivity index (χ0n) is 9.66. The van der Waals surface area contributed by atoms with Gasteiger partial charge in [0.1, 0.15) is 11.6 Å². The van der Waals surface area contributed by atoms with E-state index in [4.69, 9.17) is 0 Å². The van der Waals surface area contributed by atoms with E-state index in [1.54, 1.807) is 0 Å². The van der Waals surface area contributed by atoms with Gasteiger partial charge in [-0.25, -0.2) is 4.98 Å². The predicted molar refractivity (Wildman–Crippen MR) is 59.7 cm³/mol. The van der Waals surface area contributed by atoms with Gasteiger partial charge in [-0.3, -0.25) is 4.68 Å². The molecule has 0 radical (unpaired) electrons. The minimum atomic E-state index is 0.592. The van der Waals surface area contributed by atoms with Gasteiger partial charge in [0.25, 0.3) is 0 Å². The molecule has 1 unspecified atom stereocenters. The van der Waals surface area contributed by atoms with E-state index in [1.165, 1.54) is 25.7 Å². The van der Waals surface area contributed by atoms with Crippen LogP contribution in [0.5, 0.6) is 0 Å². The monoisotopic (exact) mass is 208 g/mol. The summed E-state index contributed by atoms with van der Waals surface area (Å²) in [6.07, 6.45) is 6.30. The number of nitrogens with one attached hydrogen (secondary N) is 1. The Labute approximate surface area is 91.1 Å². The first-order chi connectivity index (χ1) is 7.25. The van der Waals surface area contributed by atoms with Crippen LogP contribution in [0, 0.1) is 6.92 Å². The van der Waals surface area contributed by atoms with Crippen molar-refractivity contribution in [3.05, 3.63) is 11.6 Å². The minimum absolute atomic E-state index is 0.592. The molecule has 1 fully saturated rings. The van der Waals surface area contributed by atoms with Gasteiger partial charge in [-0.1, -0.05) is 12.8 Å². The Morgan fingerprint density at radius 2 is 2.27 bits per heavy atom. The van der Waals surface area contributed by atoms with Crippen molar-refractivity contribution < 1.29 is 0 Å². The van der Waals surface area contributed by atoms with Crippen molar-refractivity contribution in [3.63, 3.8) is 0 Å². The second kappa shape index (κ2) is 4.75. The second-order valence-electron chi connectivity index (χ2n) is 4.40. The van der Waals surface area contributed by atoms with Gasteiger partial charge in [0.05, 0.1) is 0 Å². The average molecular weight is 208 g/mol. The first kappa shape index (κ1) is 10.6. The highest BCUT2D eigenvalue weighted by atomic mass is 15.3. The lowest BCUT2D eigenvalue weighted by Gasteiger charge is -2.14. The van der Waals surface area contributed by atoms with Crippen molar-refractivity contribution in [2.45, 2.75) is 45.1 Å². The SMILES string of the molecule is Cc1nc(CC2CCCCCN2)n(C)n1. The smallest absolute Gasteiger partial charge is 0.147 e. The molecule has 2 heterocycles. The van der Waals surface area contributed by atoms with Gasteiger partial charge in [0.2, 0.25) is 0 Å². The minimum Gasteiger partial charge on any atom is -0.314 e. The van der Waals surface area contributed by atoms with E-state index >= 15 is 0 Å². The number of aryl methyl sites for hydroxylation is 2. The van der Waals surface area contributed by atoms with Crippen molar-refractivity contribution in [2.75, 3.05) is 6.54 Å². The Morgan fingerprint density at radius 1 is 1.40 bits per heavy atom. The summed E-state index contributed by atoms with van der Waals surface area (Å²) in [7, 11) is 1.98. The molecule has 1 N–H and O–H groups in total. The zero-order chi connectivity index (χ0) is 10.7. The largest absolute Gasteiger partial charge is 0.314 e. The van der Waals surface area contributed by atoms with Crippen LogP contribution in [0.1, 0.15) is 37.3 Å². The fraction of sp³-hybridized carbons (Fsp3) is 0.818. The van der Waals surface area contributed by atoms with E-state index in [1.807, 2.05) is 18.7 Å². The molecular weight excluding hydrogens is 188 g/mol. The third-order valence-electron chi connectivity index (χ3n) is 3.05. The normalized spacial score (nSPS) is 22.7. The Bertz CT molecular complexity index is 310. The number of nitrogens with zero attached hydrogens (tertiary/aromatic N) is 3. The third kappa shape index (κ3) is 2.78. The summed E-state index contributed by atoms with van der Waals surface area (Å²) in [5.41, 5.74) is 0. The molecule has 84 valence electrons. The van der Waals surface area contributed by atoms with Crippen molar-refractivity contribution in [1.82, 2.24) is 20.1 Å². The van der Waals surface area contributed by atoms with Gasteiger partial charge in [0.15, 0.2) is 0 Å². The van der Waals surface area contributed by atoms with Crippen LogP contribution in [0.4, 0.5) is 0 Å². The maximum absolute atomic E-state index is 4.45. The molecule has 1 aliphatic rings. The fourth-order valence-electron chi connectivity index (χ4n) is 2.23. The van der Waals surface area contributed by atoms with Crippen molar-refractivity contribution >= 4 is 0 Å². The highest BCUT2D eigenvalue weighted by Crippen LogP contribution is 2.11. The van der Waals surface area contributed by atoms with E-state index < -0.39 is 0 Å². The lowest BCUT2D eigenvalue weighted by atomic mass is 10.1. The standard InChI is InChI=1S/C11H20N4/c1-9-13-11(15(2)14-9)8-10-6-4-3-5-7-12-10/h10,12H,3-8H2,1-2H3. The summed E-state index contributed by atoms with van der Waals surface area (Å²) in [5.74, 6) is 1.98. The topological polar surface area (TPSA) is 42.7 Å². The van der Waals surface area contributed by atoms with Crippen LogP contribution in [-0.2, 0) is 13.5 Å². The molecule has 1 aromatic rings. The van der Waals surface area contributed by atoms with Crippen LogP contribution >= 0.6 is 0 Å². The molecule has 0 aliphatic carbocycles. The molecule has 0 spiro atoms. The number of aromatic nitrogens is 3. The zero-order valence-corrected chi connectivity index (χ0v) is 9.66. The maximum Gasteiger partial charge on any atom is 0.147 e. The summed E-state index contributed by atoms with van der Waals surface area (Å²) in [6.45, 7) is 3.10. The molecular formula is C11H20N4. The highest BCUT2D eigenvalue weighted by molar-refractivity contribution is 4.94. The molecule has 15 heavy (non-hydrogen) atoms. The Kier molecular flexibility index (Phi) is 3.36. The van der Waals surface area contributed by atoms with Crippen LogP contribution in [0.25, 0.3) is 0 Å². The fourth-order valence-corrected chi connectivity index (χ4v) is 2.23. The number of hydrogen-bond donors (Lipinski definition) is 1. The van der Waals surface area contributed by atoms with E-state index in [0.717, 1.165) is 24.6 Å². The summed E-state index contributed by atoms with van der Waals surface area (Å²) < 4.78 is 1.90. The Balaban J connectivity index is 1.97. The van der Waals surface area contributed by atoms with Crippen molar-refractivity contribution in [3.8, 4) is 0 Å². The Hall–Kier alpha value is -0.900. The molecule has 4 nitrogen and oxygen atoms in total. The quantitative estimate of drug-likeness (QED) is 0.794. The van der Waals surface area contributed by atoms with Gasteiger partial charge >= 0.3 is 0 Å². The van der Waals surface area contributed by atoms with Crippen LogP contribution < -0.4 is 5.32 Å². The van der Waals surface area contributed by atoms with Crippen molar-refractivity contribution in [2.24, 2.45) is 7.05 Å². The van der Waals surface area contributed by atoms with E-state index in [0.29, 0.717) is 6.04 Å². The van der Waals surface area contributed by atoms with Crippen LogP contribution in [0.2, 0.25) is 0 Å². The van der Waals surface area contributed by atoms with E-state index in [9.17, 15) is 0 Å². The van der Waals surface area contributed by atoms with E-state index in [2.05, 4.69) is 15.4 Å². The summed E-state index contributed by atoms with van der Waals surface area (Å²) >= 11 is 0. The summed E-state index contributed by atoms with van der Waals surface area (Å²) in [6, 6.07) is 0.592. The summed E-state index contributed by atoms with van der Waals surface area (Å²) in [5, 5.41) is 7.86. The molecule has 1 aliphatic heterocycles. The van der Waals surface area contributed by atoms with Gasteiger partial charge < -0.3 is 5.32 Å². The first-order valence-electron chi connectivity index (χ1n) is 5.85. The molecule has 0 bridgehead atoms. The predicted octanol–water partition coefficient (Wildman–Crippen LogP) is 1.20. The molecule has 4 heteroatoms. The molecule has 1 aromatic heterocycles. The second-order valence-corrected chi connectivity index (χ2v) is 4.40. The average Bonchev–Trinajstić information content (AvgIpc) is 2.44. The van der Waals surface area contributed by atoms with Crippen LogP contribution in [0.15, 0.2) is 0 Å². The summed E-state index contributed by atoms with van der Waals surface area (Å²) in [4.78, 5) is 4.45. The lowest BCUT2D eigenvalue weighted by Crippen LogP contribution is -2.31. The van der Waals surface area contributed by atoms with Gasteiger partial charge in [-0.2, -0.15) is 5.10 Å². The van der Waals surface area contributed by atoms with Gasteiger partial charge in [-0.05, 0) is 26.3 Å². The maximum atomic E-state index is 4.45. The molecule has 1 atom stereocenters. The van der Waals surface area contributed by atoms with Crippen LogP contribution in [0.3, 0.4) is 0 Å². The Morgan fingerprint density at radius 3 is 3.00 bits per heavy atom. The lowest BCUT2D eigenvalue weighted by molar-refractivity contribution is 0.487. The number of rotatable bonds is 2. The molecule has 0 aromatic carbocycles. The van der Waals surface area contributed by atoms with Crippen molar-refractivity contribution in [1.29, 1.82) is 0 Å². The third-order valence-corrected chi connectivity index (χ3v) is 3.05.